The molecule has 130 valence electrons. The second-order valence-corrected chi connectivity index (χ2v) is 5.56. The highest BCUT2D eigenvalue weighted by atomic mass is 19.1. The number of rotatable bonds is 5. The van der Waals surface area contributed by atoms with Gasteiger partial charge in [-0.3, -0.25) is 5.21 Å². The van der Waals surface area contributed by atoms with Crippen LogP contribution in [0.2, 0.25) is 0 Å². The zero-order valence-electron chi connectivity index (χ0n) is 13.2. The molecular weight excluding hydrogens is 327 g/mol. The molecule has 0 fully saturated rings. The van der Waals surface area contributed by atoms with Gasteiger partial charge in [-0.05, 0) is 42.5 Å². The first-order valence-corrected chi connectivity index (χ1v) is 7.67. The standard InChI is InChI=1S/C18H17FN2O4/c19-12-4-7-14(8-5-12)24-15-2-1-3-16(11-15)25-17-9-6-13(10-17)21(23)18(20)22/h1-9,11,13,17,23H,10H2,(H2,20,22)/t13?,17-/m1/s1. The van der Waals surface area contributed by atoms with Gasteiger partial charge < -0.3 is 15.2 Å². The van der Waals surface area contributed by atoms with E-state index >= 15 is 0 Å². The number of hydrogen-bond donors (Lipinski definition) is 2. The molecule has 2 aromatic rings. The number of hydroxylamine groups is 2. The number of nitrogens with zero attached hydrogens (tertiary/aromatic N) is 1. The first-order valence-electron chi connectivity index (χ1n) is 7.67. The van der Waals surface area contributed by atoms with Crippen molar-refractivity contribution in [3.05, 3.63) is 66.5 Å². The number of hydrogen-bond acceptors (Lipinski definition) is 4. The van der Waals surface area contributed by atoms with Crippen molar-refractivity contribution in [2.75, 3.05) is 0 Å². The second-order valence-electron chi connectivity index (χ2n) is 5.56. The van der Waals surface area contributed by atoms with E-state index < -0.39 is 12.1 Å². The normalized spacial score (nSPS) is 18.8. The molecule has 0 heterocycles. The minimum absolute atomic E-state index is 0.305. The molecule has 6 nitrogen and oxygen atoms in total. The molecule has 25 heavy (non-hydrogen) atoms. The van der Waals surface area contributed by atoms with Crippen LogP contribution < -0.4 is 15.2 Å². The summed E-state index contributed by atoms with van der Waals surface area (Å²) in [5.41, 5.74) is 5.04. The lowest BCUT2D eigenvalue weighted by molar-refractivity contribution is -0.0645. The highest BCUT2D eigenvalue weighted by Crippen LogP contribution is 2.28. The van der Waals surface area contributed by atoms with Crippen molar-refractivity contribution in [1.82, 2.24) is 5.06 Å². The first-order chi connectivity index (χ1) is 12.0. The lowest BCUT2D eigenvalue weighted by Gasteiger charge is -2.20. The van der Waals surface area contributed by atoms with Crippen LogP contribution in [0.3, 0.4) is 0 Å². The predicted molar refractivity (Wildman–Crippen MR) is 88.1 cm³/mol. The molecule has 1 aliphatic rings. The van der Waals surface area contributed by atoms with Gasteiger partial charge in [0, 0.05) is 12.5 Å². The molecular formula is C18H17FN2O4. The third-order valence-electron chi connectivity index (χ3n) is 3.70. The van der Waals surface area contributed by atoms with E-state index in [1.165, 1.54) is 24.3 Å². The summed E-state index contributed by atoms with van der Waals surface area (Å²) in [6.07, 6.45) is 3.50. The molecule has 2 amide bonds. The van der Waals surface area contributed by atoms with E-state index in [1.807, 2.05) is 0 Å². The fourth-order valence-electron chi connectivity index (χ4n) is 2.50. The highest BCUT2D eigenvalue weighted by Gasteiger charge is 2.27. The van der Waals surface area contributed by atoms with E-state index in [2.05, 4.69) is 0 Å². The van der Waals surface area contributed by atoms with Gasteiger partial charge in [0.25, 0.3) is 0 Å². The summed E-state index contributed by atoms with van der Waals surface area (Å²) in [6.45, 7) is 0. The van der Waals surface area contributed by atoms with E-state index in [9.17, 15) is 14.4 Å². The van der Waals surface area contributed by atoms with Gasteiger partial charge >= 0.3 is 6.03 Å². The van der Waals surface area contributed by atoms with Crippen LogP contribution in [0.4, 0.5) is 9.18 Å². The molecule has 2 atom stereocenters. The number of urea groups is 1. The summed E-state index contributed by atoms with van der Waals surface area (Å²) in [4.78, 5) is 11.0. The van der Waals surface area contributed by atoms with E-state index in [1.54, 1.807) is 36.4 Å². The van der Waals surface area contributed by atoms with Crippen LogP contribution in [0.1, 0.15) is 6.42 Å². The Hall–Kier alpha value is -3.06. The Morgan fingerprint density at radius 3 is 2.56 bits per heavy atom. The van der Waals surface area contributed by atoms with Crippen LogP contribution in [-0.2, 0) is 0 Å². The Labute approximate surface area is 143 Å². The van der Waals surface area contributed by atoms with Crippen molar-refractivity contribution in [3.8, 4) is 17.2 Å². The van der Waals surface area contributed by atoms with Crippen LogP contribution >= 0.6 is 0 Å². The number of ether oxygens (including phenoxy) is 2. The van der Waals surface area contributed by atoms with Gasteiger partial charge in [0.05, 0.1) is 6.04 Å². The molecule has 1 unspecified atom stereocenters. The molecule has 0 radical (unpaired) electrons. The van der Waals surface area contributed by atoms with E-state index in [-0.39, 0.29) is 11.9 Å². The maximum atomic E-state index is 12.9. The van der Waals surface area contributed by atoms with Gasteiger partial charge in [0.2, 0.25) is 0 Å². The Morgan fingerprint density at radius 1 is 1.12 bits per heavy atom. The number of primary amides is 1. The van der Waals surface area contributed by atoms with Crippen molar-refractivity contribution < 1.29 is 23.9 Å². The maximum absolute atomic E-state index is 12.9. The van der Waals surface area contributed by atoms with Gasteiger partial charge in [-0.1, -0.05) is 12.1 Å². The Kier molecular flexibility index (Phi) is 4.85. The summed E-state index contributed by atoms with van der Waals surface area (Å²) in [7, 11) is 0. The number of nitrogens with two attached hydrogens (primary N) is 1. The van der Waals surface area contributed by atoms with Crippen LogP contribution in [0.5, 0.6) is 17.2 Å². The molecule has 3 rings (SSSR count). The van der Waals surface area contributed by atoms with Gasteiger partial charge in [0.15, 0.2) is 0 Å². The average Bonchev–Trinajstić information content (AvgIpc) is 3.05. The van der Waals surface area contributed by atoms with Crippen LogP contribution in [0.25, 0.3) is 0 Å². The molecule has 0 bridgehead atoms. The molecule has 2 aromatic carbocycles. The SMILES string of the molecule is NC(=O)N(O)C1C=C[C@@H](Oc2cccc(Oc3ccc(F)cc3)c2)C1. The van der Waals surface area contributed by atoms with Crippen LogP contribution in [0, 0.1) is 5.82 Å². The molecule has 7 heteroatoms. The molecule has 0 saturated carbocycles. The van der Waals surface area contributed by atoms with Gasteiger partial charge in [-0.15, -0.1) is 0 Å². The third kappa shape index (κ3) is 4.27. The number of benzene rings is 2. The van der Waals surface area contributed by atoms with Crippen molar-refractivity contribution in [1.29, 1.82) is 0 Å². The summed E-state index contributed by atoms with van der Waals surface area (Å²) >= 11 is 0. The number of carbonyl (C=O) groups excluding carboxylic acids is 1. The number of amides is 2. The lowest BCUT2D eigenvalue weighted by atomic mass is 10.2. The highest BCUT2D eigenvalue weighted by molar-refractivity contribution is 5.71. The van der Waals surface area contributed by atoms with Crippen molar-refractivity contribution in [2.45, 2.75) is 18.6 Å². The van der Waals surface area contributed by atoms with Gasteiger partial charge in [0.1, 0.15) is 29.2 Å². The van der Waals surface area contributed by atoms with Gasteiger partial charge in [-0.2, -0.15) is 5.06 Å². The summed E-state index contributed by atoms with van der Waals surface area (Å²) in [5, 5.41) is 10.0. The third-order valence-corrected chi connectivity index (χ3v) is 3.70. The van der Waals surface area contributed by atoms with E-state index in [0.29, 0.717) is 28.7 Å². The van der Waals surface area contributed by atoms with E-state index in [0.717, 1.165) is 0 Å². The average molecular weight is 344 g/mol. The number of halogens is 1. The summed E-state index contributed by atoms with van der Waals surface area (Å²) < 4.78 is 24.4. The monoisotopic (exact) mass is 344 g/mol. The van der Waals surface area contributed by atoms with Gasteiger partial charge in [-0.25, -0.2) is 9.18 Å². The van der Waals surface area contributed by atoms with Crippen molar-refractivity contribution >= 4 is 6.03 Å². The summed E-state index contributed by atoms with van der Waals surface area (Å²) in [6, 6.07) is 11.3. The largest absolute Gasteiger partial charge is 0.486 e. The Morgan fingerprint density at radius 2 is 1.84 bits per heavy atom. The smallest absolute Gasteiger partial charge is 0.339 e. The molecule has 0 saturated heterocycles. The zero-order chi connectivity index (χ0) is 17.8. The summed E-state index contributed by atoms with van der Waals surface area (Å²) in [5.74, 6) is 1.29. The lowest BCUT2D eigenvalue weighted by Crippen LogP contribution is -2.40. The fraction of sp³-hybridized carbons (Fsp3) is 0.167. The minimum atomic E-state index is -0.912. The van der Waals surface area contributed by atoms with E-state index in [4.69, 9.17) is 15.2 Å². The predicted octanol–water partition coefficient (Wildman–Crippen LogP) is 3.46. The minimum Gasteiger partial charge on any atom is -0.486 e. The molecule has 0 aromatic heterocycles. The first kappa shape index (κ1) is 16.8. The van der Waals surface area contributed by atoms with Crippen LogP contribution in [0.15, 0.2) is 60.7 Å². The number of carbonyl (C=O) groups is 1. The van der Waals surface area contributed by atoms with Crippen molar-refractivity contribution in [2.24, 2.45) is 5.73 Å². The molecule has 1 aliphatic carbocycles. The maximum Gasteiger partial charge on any atom is 0.339 e. The molecule has 0 spiro atoms. The molecule has 3 N–H and O–H groups in total. The second kappa shape index (κ2) is 7.23. The van der Waals surface area contributed by atoms with Crippen molar-refractivity contribution in [3.63, 3.8) is 0 Å². The zero-order valence-corrected chi connectivity index (χ0v) is 13.2. The topological polar surface area (TPSA) is 85.0 Å². The molecule has 0 aliphatic heterocycles. The fourth-order valence-corrected chi connectivity index (χ4v) is 2.50. The Balaban J connectivity index is 1.62. The Bertz CT molecular complexity index is 779. The quantitative estimate of drug-likeness (QED) is 0.494. The van der Waals surface area contributed by atoms with Crippen LogP contribution in [-0.4, -0.2) is 28.4 Å².